The molecule has 0 atom stereocenters. The standard InChI is InChI=1S/C20H16N2O2S/c1-3-7-13(8-4-1)23-19-17-18(22-16-12-25-11-15(16)21-17)20(19)24-14-9-5-2-6-10-14/h1-3,5,7,9,11-12H,4,6,8,10H2. The lowest BCUT2D eigenvalue weighted by atomic mass is 10.0. The summed E-state index contributed by atoms with van der Waals surface area (Å²) in [5.41, 5.74) is 3.40. The minimum Gasteiger partial charge on any atom is -0.455 e. The Kier molecular flexibility index (Phi) is 3.52. The molecule has 0 unspecified atom stereocenters. The monoisotopic (exact) mass is 348 g/mol. The molecule has 0 fully saturated rings. The highest BCUT2D eigenvalue weighted by Crippen LogP contribution is 2.44. The zero-order chi connectivity index (χ0) is 16.6. The van der Waals surface area contributed by atoms with Gasteiger partial charge in [-0.15, -0.1) is 11.3 Å². The van der Waals surface area contributed by atoms with E-state index in [-0.39, 0.29) is 0 Å². The van der Waals surface area contributed by atoms with Gasteiger partial charge in [0.25, 0.3) is 0 Å². The molecule has 0 N–H and O–H groups in total. The topological polar surface area (TPSA) is 44.2 Å². The number of allylic oxidation sites excluding steroid dienone is 8. The van der Waals surface area contributed by atoms with Gasteiger partial charge >= 0.3 is 0 Å². The van der Waals surface area contributed by atoms with E-state index in [0.29, 0.717) is 11.5 Å². The minimum atomic E-state index is 0.701. The molecule has 3 aliphatic carbocycles. The third-order valence-corrected chi connectivity index (χ3v) is 5.08. The van der Waals surface area contributed by atoms with Crippen LogP contribution in [0.15, 0.2) is 58.7 Å². The van der Waals surface area contributed by atoms with Gasteiger partial charge in [-0.05, 0) is 25.0 Å². The van der Waals surface area contributed by atoms with E-state index in [1.807, 2.05) is 35.1 Å². The van der Waals surface area contributed by atoms with Crippen molar-refractivity contribution in [3.63, 3.8) is 0 Å². The van der Waals surface area contributed by atoms with E-state index < -0.39 is 0 Å². The van der Waals surface area contributed by atoms with Gasteiger partial charge in [0.2, 0.25) is 0 Å². The fourth-order valence-electron chi connectivity index (χ4n) is 3.05. The Balaban J connectivity index is 1.54. The van der Waals surface area contributed by atoms with E-state index in [0.717, 1.165) is 59.6 Å². The first-order chi connectivity index (χ1) is 12.4. The van der Waals surface area contributed by atoms with Gasteiger partial charge in [-0.25, -0.2) is 9.97 Å². The van der Waals surface area contributed by atoms with E-state index in [1.165, 1.54) is 0 Å². The Morgan fingerprint density at radius 2 is 1.28 bits per heavy atom. The van der Waals surface area contributed by atoms with Crippen molar-refractivity contribution in [2.45, 2.75) is 25.7 Å². The van der Waals surface area contributed by atoms with Crippen molar-refractivity contribution >= 4 is 33.9 Å². The van der Waals surface area contributed by atoms with E-state index in [9.17, 15) is 0 Å². The van der Waals surface area contributed by atoms with E-state index in [1.54, 1.807) is 11.3 Å². The highest BCUT2D eigenvalue weighted by molar-refractivity contribution is 7.09. The molecule has 3 aliphatic rings. The summed E-state index contributed by atoms with van der Waals surface area (Å²) in [7, 11) is 0. The Bertz CT molecular complexity index is 930. The maximum atomic E-state index is 6.15. The third-order valence-electron chi connectivity index (χ3n) is 4.36. The highest BCUT2D eigenvalue weighted by Gasteiger charge is 2.35. The Morgan fingerprint density at radius 1 is 0.760 bits per heavy atom. The molecule has 0 saturated heterocycles. The smallest absolute Gasteiger partial charge is 0.199 e. The molecule has 25 heavy (non-hydrogen) atoms. The summed E-state index contributed by atoms with van der Waals surface area (Å²) in [6, 6.07) is 0. The molecule has 0 spiro atoms. The molecule has 2 heterocycles. The van der Waals surface area contributed by atoms with Gasteiger partial charge in [-0.2, -0.15) is 0 Å². The summed E-state index contributed by atoms with van der Waals surface area (Å²) in [6.07, 6.45) is 16.1. The van der Waals surface area contributed by atoms with Crippen LogP contribution in [0, 0.1) is 0 Å². The first kappa shape index (κ1) is 14.7. The predicted molar refractivity (Wildman–Crippen MR) is 99.3 cm³/mol. The molecule has 5 rings (SSSR count). The highest BCUT2D eigenvalue weighted by atomic mass is 32.1. The van der Waals surface area contributed by atoms with Crippen molar-refractivity contribution in [2.24, 2.45) is 0 Å². The summed E-state index contributed by atoms with van der Waals surface area (Å²) >= 11 is 1.61. The number of thiophene rings is 1. The lowest BCUT2D eigenvalue weighted by Crippen LogP contribution is -2.16. The first-order valence-electron chi connectivity index (χ1n) is 8.44. The van der Waals surface area contributed by atoms with Crippen molar-refractivity contribution in [3.05, 3.63) is 70.1 Å². The van der Waals surface area contributed by atoms with Crippen molar-refractivity contribution < 1.29 is 9.47 Å². The molecule has 0 saturated carbocycles. The Hall–Kier alpha value is -2.66. The predicted octanol–water partition coefficient (Wildman–Crippen LogP) is 5.33. The van der Waals surface area contributed by atoms with Gasteiger partial charge in [0.15, 0.2) is 11.5 Å². The average Bonchev–Trinajstić information content (AvgIpc) is 3.13. The van der Waals surface area contributed by atoms with Crippen LogP contribution >= 0.6 is 11.3 Å². The van der Waals surface area contributed by atoms with Crippen LogP contribution < -0.4 is 0 Å². The van der Waals surface area contributed by atoms with E-state index in [4.69, 9.17) is 19.4 Å². The van der Waals surface area contributed by atoms with Crippen molar-refractivity contribution in [1.29, 1.82) is 0 Å². The molecule has 0 amide bonds. The van der Waals surface area contributed by atoms with Crippen molar-refractivity contribution in [1.82, 2.24) is 9.97 Å². The summed E-state index contributed by atoms with van der Waals surface area (Å²) in [6.45, 7) is 0. The Labute approximate surface area is 149 Å². The second-order valence-corrected chi connectivity index (χ2v) is 6.87. The Morgan fingerprint density at radius 3 is 1.72 bits per heavy atom. The fourth-order valence-corrected chi connectivity index (χ4v) is 3.72. The second-order valence-electron chi connectivity index (χ2n) is 6.13. The van der Waals surface area contributed by atoms with E-state index in [2.05, 4.69) is 12.2 Å². The van der Waals surface area contributed by atoms with Crippen LogP contribution in [0.5, 0.6) is 0 Å². The van der Waals surface area contributed by atoms with Crippen LogP contribution in [0.25, 0.3) is 22.6 Å². The lowest BCUT2D eigenvalue weighted by Gasteiger charge is -2.27. The zero-order valence-corrected chi connectivity index (χ0v) is 14.4. The number of fused-ring (bicyclic) bond motifs is 2. The van der Waals surface area contributed by atoms with Gasteiger partial charge in [-0.3, -0.25) is 0 Å². The summed E-state index contributed by atoms with van der Waals surface area (Å²) in [4.78, 5) is 9.44. The van der Waals surface area contributed by atoms with Crippen LogP contribution in [0.3, 0.4) is 0 Å². The van der Waals surface area contributed by atoms with Gasteiger partial charge in [0, 0.05) is 23.6 Å². The quantitative estimate of drug-likeness (QED) is 0.749. The molecule has 2 aromatic rings. The molecule has 5 heteroatoms. The molecule has 0 radical (unpaired) electrons. The van der Waals surface area contributed by atoms with Gasteiger partial charge in [-0.1, -0.05) is 24.3 Å². The molecule has 0 aliphatic heterocycles. The molecule has 2 aromatic heterocycles. The summed E-state index contributed by atoms with van der Waals surface area (Å²) in [5.74, 6) is 3.28. The van der Waals surface area contributed by atoms with Crippen LogP contribution in [0.1, 0.15) is 37.1 Å². The fraction of sp³-hybridized carbons (Fsp3) is 0.200. The van der Waals surface area contributed by atoms with Gasteiger partial charge in [0.05, 0.1) is 0 Å². The van der Waals surface area contributed by atoms with E-state index >= 15 is 0 Å². The normalized spacial score (nSPS) is 18.6. The largest absolute Gasteiger partial charge is 0.455 e. The molecule has 4 nitrogen and oxygen atoms in total. The summed E-state index contributed by atoms with van der Waals surface area (Å²) in [5, 5.41) is 4.02. The van der Waals surface area contributed by atoms with Crippen LogP contribution in [0.4, 0.5) is 0 Å². The zero-order valence-electron chi connectivity index (χ0n) is 13.6. The van der Waals surface area contributed by atoms with Gasteiger partial charge in [0.1, 0.15) is 33.9 Å². The number of ether oxygens (including phenoxy) is 2. The number of rotatable bonds is 4. The van der Waals surface area contributed by atoms with Crippen LogP contribution in [-0.2, 0) is 9.47 Å². The average molecular weight is 348 g/mol. The van der Waals surface area contributed by atoms with Crippen molar-refractivity contribution in [3.8, 4) is 0 Å². The molecule has 124 valence electrons. The molecular weight excluding hydrogens is 332 g/mol. The second kappa shape index (κ2) is 6.01. The minimum absolute atomic E-state index is 0.701. The molecular formula is C20H16N2O2S. The van der Waals surface area contributed by atoms with Gasteiger partial charge < -0.3 is 9.47 Å². The molecule has 0 aromatic carbocycles. The number of nitrogens with zero attached hydrogens (tertiary/aromatic N) is 2. The number of aromatic nitrogens is 2. The van der Waals surface area contributed by atoms with Crippen molar-refractivity contribution in [2.75, 3.05) is 0 Å². The summed E-state index contributed by atoms with van der Waals surface area (Å²) < 4.78 is 12.3. The first-order valence-corrected chi connectivity index (χ1v) is 9.39. The lowest BCUT2D eigenvalue weighted by molar-refractivity contribution is 0.312. The number of hydrogen-bond acceptors (Lipinski definition) is 5. The van der Waals surface area contributed by atoms with Crippen LogP contribution in [0.2, 0.25) is 0 Å². The third kappa shape index (κ3) is 2.61. The molecule has 0 bridgehead atoms. The maximum Gasteiger partial charge on any atom is 0.199 e. The maximum absolute atomic E-state index is 6.15. The SMILES string of the molecule is C1=CCCC(OC2=C(OC3=CC=CCC3)c3nc4cscc4nc32)=C1. The van der Waals surface area contributed by atoms with Crippen LogP contribution in [-0.4, -0.2) is 9.97 Å². The number of hydrogen-bond donors (Lipinski definition) is 0.